The molecule has 1 heterocycles. The second-order valence-corrected chi connectivity index (χ2v) is 7.12. The van der Waals surface area contributed by atoms with Gasteiger partial charge < -0.3 is 10.2 Å². The van der Waals surface area contributed by atoms with Crippen LogP contribution in [-0.4, -0.2) is 48.7 Å². The van der Waals surface area contributed by atoms with E-state index in [9.17, 15) is 13.5 Å². The number of rotatable bonds is 2. The Bertz CT molecular complexity index is 660. The number of nitrogens with zero attached hydrogens (tertiary/aromatic N) is 1. The van der Waals surface area contributed by atoms with Crippen LogP contribution in [-0.2, 0) is 10.0 Å². The minimum atomic E-state index is -3.62. The highest BCUT2D eigenvalue weighted by Crippen LogP contribution is 2.24. The first kappa shape index (κ1) is 16.0. The summed E-state index contributed by atoms with van der Waals surface area (Å²) < 4.78 is 26.5. The first-order chi connectivity index (χ1) is 9.95. The molecule has 0 amide bonds. The van der Waals surface area contributed by atoms with Crippen LogP contribution in [0.3, 0.4) is 0 Å². The molecule has 2 atom stereocenters. The third kappa shape index (κ3) is 3.63. The average Bonchev–Trinajstić information content (AvgIpc) is 2.48. The van der Waals surface area contributed by atoms with Crippen LogP contribution < -0.4 is 0 Å². The van der Waals surface area contributed by atoms with Crippen molar-refractivity contribution in [2.75, 3.05) is 19.7 Å². The third-order valence-electron chi connectivity index (χ3n) is 3.66. The number of piperidine rings is 1. The van der Waals surface area contributed by atoms with Crippen LogP contribution >= 0.6 is 0 Å². The summed E-state index contributed by atoms with van der Waals surface area (Å²) in [5.41, 5.74) is 0.538. The molecule has 1 aliphatic heterocycles. The van der Waals surface area contributed by atoms with Gasteiger partial charge in [-0.25, -0.2) is 8.42 Å². The van der Waals surface area contributed by atoms with Gasteiger partial charge in [-0.2, -0.15) is 4.31 Å². The first-order valence-corrected chi connectivity index (χ1v) is 8.27. The maximum Gasteiger partial charge on any atom is 0.243 e. The molecule has 2 N–H and O–H groups in total. The molecule has 2 rings (SSSR count). The van der Waals surface area contributed by atoms with Crippen LogP contribution in [0.25, 0.3) is 0 Å². The van der Waals surface area contributed by atoms with E-state index in [0.29, 0.717) is 18.5 Å². The number of sulfonamides is 1. The van der Waals surface area contributed by atoms with Crippen LogP contribution in [0.4, 0.5) is 0 Å². The Labute approximate surface area is 125 Å². The molecule has 1 aliphatic rings. The third-order valence-corrected chi connectivity index (χ3v) is 5.53. The standard InChI is InChI=1S/C15H19NO4S/c1-12-7-8-16(11-15(12)18)21(19,20)14-6-2-4-13(10-14)5-3-9-17/h2,4,6,10,12,15,17-18H,7-9,11H2,1H3. The molecule has 2 unspecified atom stereocenters. The Morgan fingerprint density at radius 3 is 2.86 bits per heavy atom. The molecular formula is C15H19NO4S. The summed E-state index contributed by atoms with van der Waals surface area (Å²) in [6, 6.07) is 6.32. The molecule has 1 aromatic carbocycles. The highest BCUT2D eigenvalue weighted by atomic mass is 32.2. The van der Waals surface area contributed by atoms with E-state index in [-0.39, 0.29) is 24.0 Å². The zero-order valence-corrected chi connectivity index (χ0v) is 12.7. The number of benzene rings is 1. The molecule has 114 valence electrons. The SMILES string of the molecule is CC1CCN(S(=O)(=O)c2cccc(C#CCO)c2)CC1O. The smallest absolute Gasteiger partial charge is 0.243 e. The summed E-state index contributed by atoms with van der Waals surface area (Å²) in [7, 11) is -3.62. The zero-order valence-electron chi connectivity index (χ0n) is 11.9. The van der Waals surface area contributed by atoms with Crippen molar-refractivity contribution in [2.24, 2.45) is 5.92 Å². The van der Waals surface area contributed by atoms with Crippen LogP contribution in [0.2, 0.25) is 0 Å². The van der Waals surface area contributed by atoms with Gasteiger partial charge in [-0.3, -0.25) is 0 Å². The molecule has 6 heteroatoms. The highest BCUT2D eigenvalue weighted by molar-refractivity contribution is 7.89. The number of hydrogen-bond acceptors (Lipinski definition) is 4. The maximum atomic E-state index is 12.6. The summed E-state index contributed by atoms with van der Waals surface area (Å²) in [6.45, 7) is 2.18. The quantitative estimate of drug-likeness (QED) is 0.776. The Hall–Kier alpha value is -1.39. The molecule has 1 aromatic rings. The van der Waals surface area contributed by atoms with Gasteiger partial charge >= 0.3 is 0 Å². The largest absolute Gasteiger partial charge is 0.391 e. The number of aliphatic hydroxyl groups is 2. The maximum absolute atomic E-state index is 12.6. The first-order valence-electron chi connectivity index (χ1n) is 6.83. The van der Waals surface area contributed by atoms with E-state index in [4.69, 9.17) is 5.11 Å². The second kappa shape index (κ2) is 6.58. The Morgan fingerprint density at radius 1 is 1.43 bits per heavy atom. The van der Waals surface area contributed by atoms with Gasteiger partial charge in [-0.15, -0.1) is 0 Å². The molecule has 0 aromatic heterocycles. The second-order valence-electron chi connectivity index (χ2n) is 5.18. The van der Waals surface area contributed by atoms with Crippen LogP contribution in [0.5, 0.6) is 0 Å². The molecule has 1 fully saturated rings. The van der Waals surface area contributed by atoms with Gasteiger partial charge in [0.15, 0.2) is 0 Å². The Balaban J connectivity index is 2.27. The van der Waals surface area contributed by atoms with Crippen molar-refractivity contribution in [3.63, 3.8) is 0 Å². The van der Waals surface area contributed by atoms with E-state index >= 15 is 0 Å². The van der Waals surface area contributed by atoms with Crippen molar-refractivity contribution >= 4 is 10.0 Å². The Morgan fingerprint density at radius 2 is 2.19 bits per heavy atom. The lowest BCUT2D eigenvalue weighted by atomic mass is 9.98. The molecule has 1 saturated heterocycles. The zero-order chi connectivity index (χ0) is 15.5. The van der Waals surface area contributed by atoms with Crippen molar-refractivity contribution in [1.29, 1.82) is 0 Å². The minimum Gasteiger partial charge on any atom is -0.391 e. The van der Waals surface area contributed by atoms with Crippen molar-refractivity contribution < 1.29 is 18.6 Å². The van der Waals surface area contributed by atoms with Gasteiger partial charge in [0.2, 0.25) is 10.0 Å². The van der Waals surface area contributed by atoms with E-state index in [2.05, 4.69) is 11.8 Å². The summed E-state index contributed by atoms with van der Waals surface area (Å²) in [5.74, 6) is 5.30. The van der Waals surface area contributed by atoms with Crippen molar-refractivity contribution in [1.82, 2.24) is 4.31 Å². The Kier molecular flexibility index (Phi) is 5.01. The van der Waals surface area contributed by atoms with Crippen LogP contribution in [0.15, 0.2) is 29.2 Å². The van der Waals surface area contributed by atoms with Crippen LogP contribution in [0, 0.1) is 17.8 Å². The molecule has 0 aliphatic carbocycles. The molecule has 0 radical (unpaired) electrons. The highest BCUT2D eigenvalue weighted by Gasteiger charge is 2.32. The van der Waals surface area contributed by atoms with Crippen LogP contribution in [0.1, 0.15) is 18.9 Å². The molecule has 0 saturated carbocycles. The average molecular weight is 309 g/mol. The lowest BCUT2D eigenvalue weighted by Gasteiger charge is -2.33. The molecule has 21 heavy (non-hydrogen) atoms. The number of hydrogen-bond donors (Lipinski definition) is 2. The fourth-order valence-electron chi connectivity index (χ4n) is 2.26. The summed E-state index contributed by atoms with van der Waals surface area (Å²) >= 11 is 0. The lowest BCUT2D eigenvalue weighted by Crippen LogP contribution is -2.45. The lowest BCUT2D eigenvalue weighted by molar-refractivity contribution is 0.0605. The topological polar surface area (TPSA) is 77.8 Å². The monoisotopic (exact) mass is 309 g/mol. The van der Waals surface area contributed by atoms with Crippen molar-refractivity contribution in [2.45, 2.75) is 24.3 Å². The van der Waals surface area contributed by atoms with E-state index in [1.807, 2.05) is 6.92 Å². The fourth-order valence-corrected chi connectivity index (χ4v) is 3.78. The normalized spacial score (nSPS) is 23.4. The van der Waals surface area contributed by atoms with Gasteiger partial charge in [-0.1, -0.05) is 24.8 Å². The molecule has 0 spiro atoms. The van der Waals surface area contributed by atoms with Crippen molar-refractivity contribution in [3.8, 4) is 11.8 Å². The predicted octanol–water partition coefficient (Wildman–Crippen LogP) is 0.422. The van der Waals surface area contributed by atoms with Gasteiger partial charge in [0.1, 0.15) is 6.61 Å². The van der Waals surface area contributed by atoms with Gasteiger partial charge in [0.05, 0.1) is 11.0 Å². The number of aliphatic hydroxyl groups excluding tert-OH is 2. The summed E-state index contributed by atoms with van der Waals surface area (Å²) in [5, 5.41) is 18.6. The molecule has 0 bridgehead atoms. The van der Waals surface area contributed by atoms with Gasteiger partial charge in [-0.05, 0) is 30.5 Å². The van der Waals surface area contributed by atoms with Gasteiger partial charge in [0.25, 0.3) is 0 Å². The van der Waals surface area contributed by atoms with E-state index < -0.39 is 16.1 Å². The summed E-state index contributed by atoms with van der Waals surface area (Å²) in [6.07, 6.45) is 0.00982. The predicted molar refractivity (Wildman–Crippen MR) is 79.0 cm³/mol. The molecule has 5 nitrogen and oxygen atoms in total. The number of β-amino-alcohol motifs (C(OH)–C–C–N with tert-alkyl or cyclic N) is 1. The summed E-state index contributed by atoms with van der Waals surface area (Å²) in [4.78, 5) is 0.161. The van der Waals surface area contributed by atoms with E-state index in [1.165, 1.54) is 16.4 Å². The van der Waals surface area contributed by atoms with Crippen molar-refractivity contribution in [3.05, 3.63) is 29.8 Å². The van der Waals surface area contributed by atoms with E-state index in [1.54, 1.807) is 12.1 Å². The fraction of sp³-hybridized carbons (Fsp3) is 0.467. The van der Waals surface area contributed by atoms with Gasteiger partial charge in [0, 0.05) is 18.7 Å². The molecular weight excluding hydrogens is 290 g/mol. The van der Waals surface area contributed by atoms with E-state index in [0.717, 1.165) is 0 Å². The minimum absolute atomic E-state index is 0.109.